The van der Waals surface area contributed by atoms with Crippen molar-refractivity contribution in [2.75, 3.05) is 6.61 Å². The van der Waals surface area contributed by atoms with Gasteiger partial charge in [0.05, 0.1) is 12.4 Å². The van der Waals surface area contributed by atoms with Crippen LogP contribution in [0.3, 0.4) is 0 Å². The van der Waals surface area contributed by atoms with Crippen molar-refractivity contribution in [2.45, 2.75) is 56.6 Å². The van der Waals surface area contributed by atoms with Gasteiger partial charge in [-0.3, -0.25) is 9.00 Å². The smallest absolute Gasteiger partial charge is 0.235 e. The number of ether oxygens (including phenoxy) is 1. The van der Waals surface area contributed by atoms with E-state index in [2.05, 4.69) is 5.32 Å². The molecular formula is C17H25NO3S. The highest BCUT2D eigenvalue weighted by Crippen LogP contribution is 2.21. The van der Waals surface area contributed by atoms with Gasteiger partial charge in [0.2, 0.25) is 5.91 Å². The Morgan fingerprint density at radius 3 is 2.73 bits per heavy atom. The third-order valence-corrected chi connectivity index (χ3v) is 5.63. The molecule has 0 aliphatic heterocycles. The molecule has 0 bridgehead atoms. The van der Waals surface area contributed by atoms with Gasteiger partial charge in [-0.15, -0.1) is 0 Å². The summed E-state index contributed by atoms with van der Waals surface area (Å²) >= 11 is 0. The van der Waals surface area contributed by atoms with Gasteiger partial charge < -0.3 is 10.1 Å². The van der Waals surface area contributed by atoms with Crippen LogP contribution in [0.2, 0.25) is 0 Å². The van der Waals surface area contributed by atoms with Crippen LogP contribution in [0.15, 0.2) is 24.3 Å². The third kappa shape index (κ3) is 4.57. The molecule has 4 nitrogen and oxygen atoms in total. The number of carbonyl (C=O) groups is 1. The maximum Gasteiger partial charge on any atom is 0.235 e. The summed E-state index contributed by atoms with van der Waals surface area (Å²) in [5.74, 6) is 0.996. The number of para-hydroxylation sites is 1. The summed E-state index contributed by atoms with van der Waals surface area (Å²) in [6, 6.07) is 7.85. The van der Waals surface area contributed by atoms with Gasteiger partial charge in [-0.1, -0.05) is 31.0 Å². The molecule has 0 heterocycles. The molecule has 0 saturated heterocycles. The Bertz CT molecular complexity index is 526. The van der Waals surface area contributed by atoms with Crippen LogP contribution >= 0.6 is 0 Å². The van der Waals surface area contributed by atoms with Gasteiger partial charge in [-0.2, -0.15) is 0 Å². The van der Waals surface area contributed by atoms with Crippen LogP contribution in [0.1, 0.15) is 45.1 Å². The zero-order valence-corrected chi connectivity index (χ0v) is 14.2. The Morgan fingerprint density at radius 2 is 2.05 bits per heavy atom. The minimum atomic E-state index is -1.25. The predicted octanol–water partition coefficient (Wildman–Crippen LogP) is 2.78. The van der Waals surface area contributed by atoms with Crippen molar-refractivity contribution in [3.05, 3.63) is 29.8 Å². The second-order valence-electron chi connectivity index (χ2n) is 5.70. The lowest BCUT2D eigenvalue weighted by molar-refractivity contribution is -0.121. The van der Waals surface area contributed by atoms with Crippen molar-refractivity contribution in [3.8, 4) is 5.75 Å². The van der Waals surface area contributed by atoms with Crippen molar-refractivity contribution in [1.82, 2.24) is 5.32 Å². The molecule has 0 spiro atoms. The number of amides is 1. The van der Waals surface area contributed by atoms with Crippen LogP contribution in [-0.2, 0) is 21.3 Å². The van der Waals surface area contributed by atoms with Crippen LogP contribution < -0.4 is 10.1 Å². The van der Waals surface area contributed by atoms with E-state index in [0.717, 1.165) is 24.2 Å². The molecule has 1 aromatic carbocycles. The fourth-order valence-electron chi connectivity index (χ4n) is 2.71. The predicted molar refractivity (Wildman–Crippen MR) is 89.3 cm³/mol. The quantitative estimate of drug-likeness (QED) is 0.839. The lowest BCUT2D eigenvalue weighted by Gasteiger charge is -2.17. The second-order valence-corrected chi connectivity index (χ2v) is 7.46. The zero-order chi connectivity index (χ0) is 15.9. The van der Waals surface area contributed by atoms with Crippen LogP contribution in [0.4, 0.5) is 0 Å². The number of benzene rings is 1. The molecule has 2 rings (SSSR count). The van der Waals surface area contributed by atoms with Crippen molar-refractivity contribution >= 4 is 16.7 Å². The molecule has 1 saturated carbocycles. The maximum atomic E-state index is 12.5. The molecule has 1 aliphatic carbocycles. The van der Waals surface area contributed by atoms with Gasteiger partial charge in [-0.25, -0.2) is 0 Å². The Kier molecular flexibility index (Phi) is 6.43. The summed E-state index contributed by atoms with van der Waals surface area (Å²) in [6.45, 7) is 4.23. The van der Waals surface area contributed by atoms with E-state index in [1.807, 2.05) is 31.2 Å². The molecule has 1 fully saturated rings. The van der Waals surface area contributed by atoms with E-state index in [0.29, 0.717) is 12.4 Å². The van der Waals surface area contributed by atoms with Gasteiger partial charge >= 0.3 is 0 Å². The molecule has 0 unspecified atom stereocenters. The van der Waals surface area contributed by atoms with Gasteiger partial charge in [0.15, 0.2) is 0 Å². The molecule has 1 aromatic rings. The van der Waals surface area contributed by atoms with Crippen molar-refractivity contribution in [3.63, 3.8) is 0 Å². The van der Waals surface area contributed by atoms with Crippen molar-refractivity contribution < 1.29 is 13.7 Å². The maximum absolute atomic E-state index is 12.5. The molecule has 2 atom stereocenters. The number of nitrogens with one attached hydrogen (secondary N) is 1. The average Bonchev–Trinajstić information content (AvgIpc) is 3.01. The third-order valence-electron chi connectivity index (χ3n) is 4.04. The SMILES string of the molecule is CCOc1ccccc1C[S@@](=O)[C@H](C)C(=O)NC1CCCC1. The summed E-state index contributed by atoms with van der Waals surface area (Å²) in [5, 5.41) is 2.52. The Balaban J connectivity index is 1.94. The lowest BCUT2D eigenvalue weighted by atomic mass is 10.2. The van der Waals surface area contributed by atoms with Crippen molar-refractivity contribution in [2.24, 2.45) is 0 Å². The van der Waals surface area contributed by atoms with Gasteiger partial charge in [0, 0.05) is 22.4 Å². The minimum absolute atomic E-state index is 0.0980. The summed E-state index contributed by atoms with van der Waals surface area (Å²) in [4.78, 5) is 12.2. The topological polar surface area (TPSA) is 55.4 Å². The molecule has 1 N–H and O–H groups in total. The van der Waals surface area contributed by atoms with E-state index in [1.165, 1.54) is 12.8 Å². The number of rotatable bonds is 7. The molecule has 122 valence electrons. The number of carbonyl (C=O) groups excluding carboxylic acids is 1. The first-order chi connectivity index (χ1) is 10.6. The van der Waals surface area contributed by atoms with Crippen LogP contribution in [0.5, 0.6) is 5.75 Å². The van der Waals surface area contributed by atoms with E-state index in [-0.39, 0.29) is 11.9 Å². The zero-order valence-electron chi connectivity index (χ0n) is 13.3. The van der Waals surface area contributed by atoms with E-state index in [9.17, 15) is 9.00 Å². The molecular weight excluding hydrogens is 298 g/mol. The van der Waals surface area contributed by atoms with Crippen molar-refractivity contribution in [1.29, 1.82) is 0 Å². The fraction of sp³-hybridized carbons (Fsp3) is 0.588. The minimum Gasteiger partial charge on any atom is -0.494 e. The first-order valence-electron chi connectivity index (χ1n) is 8.00. The lowest BCUT2D eigenvalue weighted by Crippen LogP contribution is -2.40. The standard InChI is InChI=1S/C17H25NO3S/c1-3-21-16-11-7-4-8-14(16)12-22(20)13(2)17(19)18-15-9-5-6-10-15/h4,7-8,11,13,15H,3,5-6,9-10,12H2,1-2H3,(H,18,19)/t13-,22-/m1/s1. The molecule has 1 aliphatic rings. The summed E-state index contributed by atoms with van der Waals surface area (Å²) < 4.78 is 18.0. The average molecular weight is 323 g/mol. The Hall–Kier alpha value is -1.36. The number of hydrogen-bond donors (Lipinski definition) is 1. The van der Waals surface area contributed by atoms with Gasteiger partial charge in [0.25, 0.3) is 0 Å². The molecule has 0 radical (unpaired) electrons. The summed E-state index contributed by atoms with van der Waals surface area (Å²) in [7, 11) is -1.25. The monoisotopic (exact) mass is 323 g/mol. The van der Waals surface area contributed by atoms with Crippen LogP contribution in [0, 0.1) is 0 Å². The molecule has 5 heteroatoms. The summed E-state index contributed by atoms with van der Waals surface area (Å²) in [6.07, 6.45) is 4.42. The fourth-order valence-corrected chi connectivity index (χ4v) is 3.81. The normalized spacial score (nSPS) is 17.9. The number of hydrogen-bond acceptors (Lipinski definition) is 3. The Morgan fingerprint density at radius 1 is 1.36 bits per heavy atom. The highest BCUT2D eigenvalue weighted by atomic mass is 32.2. The van der Waals surface area contributed by atoms with Crippen LogP contribution in [-0.4, -0.2) is 28.0 Å². The van der Waals surface area contributed by atoms with E-state index in [4.69, 9.17) is 4.74 Å². The first-order valence-corrected chi connectivity index (χ1v) is 9.38. The summed E-state index contributed by atoms with van der Waals surface area (Å²) in [5.41, 5.74) is 0.892. The van der Waals surface area contributed by atoms with E-state index >= 15 is 0 Å². The highest BCUT2D eigenvalue weighted by molar-refractivity contribution is 7.85. The van der Waals surface area contributed by atoms with Gasteiger partial charge in [0.1, 0.15) is 11.0 Å². The molecule has 1 amide bonds. The first kappa shape index (κ1) is 17.0. The van der Waals surface area contributed by atoms with E-state index in [1.54, 1.807) is 6.92 Å². The molecule has 22 heavy (non-hydrogen) atoms. The van der Waals surface area contributed by atoms with Gasteiger partial charge in [-0.05, 0) is 32.8 Å². The largest absolute Gasteiger partial charge is 0.494 e. The second kappa shape index (κ2) is 8.32. The highest BCUT2D eigenvalue weighted by Gasteiger charge is 2.24. The Labute approximate surface area is 135 Å². The van der Waals surface area contributed by atoms with Crippen LogP contribution in [0.25, 0.3) is 0 Å². The van der Waals surface area contributed by atoms with E-state index < -0.39 is 16.0 Å². The molecule has 0 aromatic heterocycles.